The molecular weight excluding hydrogens is 413 g/mol. The fourth-order valence-corrected chi connectivity index (χ4v) is 2.61. The SMILES string of the molecule is COc1ccc(C(=O)NC(=S)NCc2cccnc2)cc1I. The number of nitrogens with one attached hydrogen (secondary N) is 2. The van der Waals surface area contributed by atoms with Crippen LogP contribution >= 0.6 is 34.8 Å². The van der Waals surface area contributed by atoms with Gasteiger partial charge in [-0.1, -0.05) is 6.07 Å². The van der Waals surface area contributed by atoms with Crippen molar-refractivity contribution in [2.75, 3.05) is 7.11 Å². The Morgan fingerprint density at radius 2 is 2.23 bits per heavy atom. The van der Waals surface area contributed by atoms with E-state index in [2.05, 4.69) is 38.2 Å². The van der Waals surface area contributed by atoms with Gasteiger partial charge in [0.1, 0.15) is 5.75 Å². The fourth-order valence-electron chi connectivity index (χ4n) is 1.71. The van der Waals surface area contributed by atoms with Crippen molar-refractivity contribution < 1.29 is 9.53 Å². The van der Waals surface area contributed by atoms with Crippen LogP contribution in [0.25, 0.3) is 0 Å². The Morgan fingerprint density at radius 1 is 1.41 bits per heavy atom. The van der Waals surface area contributed by atoms with Crippen LogP contribution in [0.1, 0.15) is 15.9 Å². The molecule has 0 aliphatic carbocycles. The maximum absolute atomic E-state index is 12.1. The summed E-state index contributed by atoms with van der Waals surface area (Å²) in [5.41, 5.74) is 1.51. The van der Waals surface area contributed by atoms with Gasteiger partial charge in [0, 0.05) is 24.5 Å². The molecule has 0 aliphatic rings. The Labute approximate surface area is 147 Å². The highest BCUT2D eigenvalue weighted by Gasteiger charge is 2.10. The van der Waals surface area contributed by atoms with Crippen molar-refractivity contribution in [3.05, 3.63) is 57.4 Å². The lowest BCUT2D eigenvalue weighted by molar-refractivity contribution is 0.0976. The van der Waals surface area contributed by atoms with Crippen molar-refractivity contribution in [2.24, 2.45) is 0 Å². The maximum Gasteiger partial charge on any atom is 0.257 e. The number of hydrogen-bond acceptors (Lipinski definition) is 4. The standard InChI is InChI=1S/C15H14IN3O2S/c1-21-13-5-4-11(7-12(13)16)14(20)19-15(22)18-9-10-3-2-6-17-8-10/h2-8H,9H2,1H3,(H2,18,19,20,22). The number of aromatic nitrogens is 1. The van der Waals surface area contributed by atoms with E-state index in [0.717, 1.165) is 14.9 Å². The molecular formula is C15H14IN3O2S. The quantitative estimate of drug-likeness (QED) is 0.580. The number of rotatable bonds is 4. The van der Waals surface area contributed by atoms with Gasteiger partial charge in [-0.05, 0) is 64.6 Å². The van der Waals surface area contributed by atoms with Crippen molar-refractivity contribution in [3.63, 3.8) is 0 Å². The molecule has 0 atom stereocenters. The van der Waals surface area contributed by atoms with Gasteiger partial charge in [-0.2, -0.15) is 0 Å². The smallest absolute Gasteiger partial charge is 0.257 e. The number of ether oxygens (including phenoxy) is 1. The van der Waals surface area contributed by atoms with E-state index in [1.54, 1.807) is 37.7 Å². The molecule has 0 bridgehead atoms. The molecule has 0 aliphatic heterocycles. The summed E-state index contributed by atoms with van der Waals surface area (Å²) in [4.78, 5) is 16.1. The molecule has 114 valence electrons. The molecule has 0 saturated heterocycles. The lowest BCUT2D eigenvalue weighted by Gasteiger charge is -2.10. The number of thiocarbonyl (C=S) groups is 1. The predicted molar refractivity (Wildman–Crippen MR) is 96.9 cm³/mol. The maximum atomic E-state index is 12.1. The number of methoxy groups -OCH3 is 1. The summed E-state index contributed by atoms with van der Waals surface area (Å²) in [5.74, 6) is 0.471. The van der Waals surface area contributed by atoms with Crippen LogP contribution in [0.4, 0.5) is 0 Å². The van der Waals surface area contributed by atoms with E-state index in [0.29, 0.717) is 12.1 Å². The number of hydrogen-bond donors (Lipinski definition) is 2. The Morgan fingerprint density at radius 3 is 2.86 bits per heavy atom. The van der Waals surface area contributed by atoms with Crippen molar-refractivity contribution in [1.82, 2.24) is 15.6 Å². The highest BCUT2D eigenvalue weighted by atomic mass is 127. The van der Waals surface area contributed by atoms with Gasteiger partial charge in [0.15, 0.2) is 5.11 Å². The van der Waals surface area contributed by atoms with E-state index in [9.17, 15) is 4.79 Å². The highest BCUT2D eigenvalue weighted by Crippen LogP contribution is 2.21. The van der Waals surface area contributed by atoms with Gasteiger partial charge in [0.05, 0.1) is 10.7 Å². The first-order valence-electron chi connectivity index (χ1n) is 6.42. The van der Waals surface area contributed by atoms with Crippen LogP contribution in [0.2, 0.25) is 0 Å². The number of halogens is 1. The number of benzene rings is 1. The largest absolute Gasteiger partial charge is 0.496 e. The zero-order valence-electron chi connectivity index (χ0n) is 11.8. The summed E-state index contributed by atoms with van der Waals surface area (Å²) in [6.45, 7) is 0.507. The van der Waals surface area contributed by atoms with Crippen molar-refractivity contribution in [3.8, 4) is 5.75 Å². The Kier molecular flexibility index (Phi) is 6.08. The first-order chi connectivity index (χ1) is 10.6. The molecule has 5 nitrogen and oxygen atoms in total. The van der Waals surface area contributed by atoms with Crippen molar-refractivity contribution in [2.45, 2.75) is 6.54 Å². The van der Waals surface area contributed by atoms with Crippen LogP contribution in [-0.2, 0) is 6.54 Å². The number of amides is 1. The van der Waals surface area contributed by atoms with Crippen molar-refractivity contribution >= 4 is 45.8 Å². The van der Waals surface area contributed by atoms with E-state index < -0.39 is 0 Å². The minimum Gasteiger partial charge on any atom is -0.496 e. The fraction of sp³-hybridized carbons (Fsp3) is 0.133. The molecule has 0 saturated carbocycles. The normalized spacial score (nSPS) is 9.91. The van der Waals surface area contributed by atoms with Gasteiger partial charge in [-0.25, -0.2) is 0 Å². The minimum atomic E-state index is -0.260. The summed E-state index contributed by atoms with van der Waals surface area (Å²) in [7, 11) is 1.59. The third-order valence-corrected chi connectivity index (χ3v) is 3.91. The Bertz CT molecular complexity index is 680. The molecule has 0 unspecified atom stereocenters. The average Bonchev–Trinajstić information content (AvgIpc) is 2.53. The lowest BCUT2D eigenvalue weighted by atomic mass is 10.2. The number of carbonyl (C=O) groups is 1. The minimum absolute atomic E-state index is 0.260. The summed E-state index contributed by atoms with van der Waals surface area (Å²) in [6.07, 6.45) is 3.44. The molecule has 2 N–H and O–H groups in total. The second kappa shape index (κ2) is 8.04. The zero-order valence-corrected chi connectivity index (χ0v) is 14.8. The van der Waals surface area contributed by atoms with E-state index in [1.807, 2.05) is 12.1 Å². The van der Waals surface area contributed by atoms with E-state index in [4.69, 9.17) is 17.0 Å². The average molecular weight is 427 g/mol. The first-order valence-corrected chi connectivity index (χ1v) is 7.90. The van der Waals surface area contributed by atoms with Gasteiger partial charge in [-0.3, -0.25) is 15.1 Å². The second-order valence-electron chi connectivity index (χ2n) is 4.35. The first kappa shape index (κ1) is 16.6. The number of nitrogens with zero attached hydrogens (tertiary/aromatic N) is 1. The number of carbonyl (C=O) groups excluding carboxylic acids is 1. The summed E-state index contributed by atoms with van der Waals surface area (Å²) in [5, 5.41) is 5.90. The molecule has 1 aromatic carbocycles. The van der Waals surface area contributed by atoms with Crippen LogP contribution in [0.15, 0.2) is 42.7 Å². The van der Waals surface area contributed by atoms with Gasteiger partial charge in [-0.15, -0.1) is 0 Å². The third kappa shape index (κ3) is 4.63. The molecule has 2 rings (SSSR count). The highest BCUT2D eigenvalue weighted by molar-refractivity contribution is 14.1. The van der Waals surface area contributed by atoms with E-state index in [-0.39, 0.29) is 11.0 Å². The monoisotopic (exact) mass is 427 g/mol. The van der Waals surface area contributed by atoms with Crippen LogP contribution in [0.5, 0.6) is 5.75 Å². The second-order valence-corrected chi connectivity index (χ2v) is 5.92. The number of pyridine rings is 1. The topological polar surface area (TPSA) is 63.2 Å². The molecule has 7 heteroatoms. The van der Waals surface area contributed by atoms with E-state index >= 15 is 0 Å². The molecule has 1 heterocycles. The van der Waals surface area contributed by atoms with Gasteiger partial charge >= 0.3 is 0 Å². The summed E-state index contributed by atoms with van der Waals surface area (Å²) < 4.78 is 6.03. The predicted octanol–water partition coefficient (Wildman–Crippen LogP) is 2.50. The lowest BCUT2D eigenvalue weighted by Crippen LogP contribution is -2.38. The summed E-state index contributed by atoms with van der Waals surface area (Å²) >= 11 is 7.24. The van der Waals surface area contributed by atoms with Crippen LogP contribution in [-0.4, -0.2) is 23.1 Å². The Balaban J connectivity index is 1.91. The van der Waals surface area contributed by atoms with Gasteiger partial charge in [0.25, 0.3) is 5.91 Å². The molecule has 1 aromatic heterocycles. The molecule has 22 heavy (non-hydrogen) atoms. The zero-order chi connectivity index (χ0) is 15.9. The van der Waals surface area contributed by atoms with E-state index in [1.165, 1.54) is 0 Å². The van der Waals surface area contributed by atoms with Gasteiger partial charge < -0.3 is 10.1 Å². The molecule has 0 fully saturated rings. The van der Waals surface area contributed by atoms with Crippen molar-refractivity contribution in [1.29, 1.82) is 0 Å². The molecule has 0 spiro atoms. The molecule has 0 radical (unpaired) electrons. The van der Waals surface area contributed by atoms with Gasteiger partial charge in [0.2, 0.25) is 0 Å². The molecule has 2 aromatic rings. The third-order valence-electron chi connectivity index (χ3n) is 2.82. The molecule has 1 amide bonds. The Hall–Kier alpha value is -1.74. The van der Waals surface area contributed by atoms with Crippen LogP contribution in [0.3, 0.4) is 0 Å². The van der Waals surface area contributed by atoms with Crippen LogP contribution in [0, 0.1) is 3.57 Å². The van der Waals surface area contributed by atoms with Crippen LogP contribution < -0.4 is 15.4 Å². The summed E-state index contributed by atoms with van der Waals surface area (Å²) in [6, 6.07) is 8.97.